The highest BCUT2D eigenvalue weighted by atomic mass is 16.2. The minimum absolute atomic E-state index is 0.260. The second-order valence-electron chi connectivity index (χ2n) is 6.16. The molecule has 0 aliphatic carbocycles. The summed E-state index contributed by atoms with van der Waals surface area (Å²) in [6, 6.07) is 9.87. The fourth-order valence-corrected chi connectivity index (χ4v) is 2.26. The van der Waals surface area contributed by atoms with Crippen LogP contribution in [-0.2, 0) is 6.54 Å². The first kappa shape index (κ1) is 19.2. The van der Waals surface area contributed by atoms with Crippen molar-refractivity contribution in [2.45, 2.75) is 6.54 Å². The molecule has 0 atom stereocenters. The number of urea groups is 1. The van der Waals surface area contributed by atoms with Crippen LogP contribution >= 0.6 is 0 Å². The molecule has 1 heterocycles. The van der Waals surface area contributed by atoms with Crippen LogP contribution in [0.1, 0.15) is 16.1 Å². The number of carbonyl (C=O) groups is 2. The fourth-order valence-electron chi connectivity index (χ4n) is 2.26. The quantitative estimate of drug-likeness (QED) is 0.648. The Labute approximate surface area is 152 Å². The summed E-state index contributed by atoms with van der Waals surface area (Å²) in [6.07, 6.45) is 1.56. The van der Waals surface area contributed by atoms with Gasteiger partial charge < -0.3 is 26.6 Å². The molecule has 0 radical (unpaired) electrons. The maximum Gasteiger partial charge on any atom is 0.315 e. The smallest absolute Gasteiger partial charge is 0.315 e. The average Bonchev–Trinajstić information content (AvgIpc) is 2.60. The number of anilines is 2. The summed E-state index contributed by atoms with van der Waals surface area (Å²) in [5.41, 5.74) is 13.3. The van der Waals surface area contributed by atoms with Crippen LogP contribution in [0.25, 0.3) is 0 Å². The second-order valence-corrected chi connectivity index (χ2v) is 6.16. The minimum Gasteiger partial charge on any atom is -0.397 e. The number of carbonyl (C=O) groups excluding carboxylic acids is 2. The number of nitrogen functional groups attached to an aromatic ring is 1. The SMILES string of the molecule is CN(C)CCN(Cc1ccc(C(=O)Nc2ccccc2N)nc1)C(N)=O. The second kappa shape index (κ2) is 8.82. The number of para-hydroxylation sites is 2. The number of hydrogen-bond acceptors (Lipinski definition) is 5. The summed E-state index contributed by atoms with van der Waals surface area (Å²) in [7, 11) is 3.85. The zero-order chi connectivity index (χ0) is 19.1. The van der Waals surface area contributed by atoms with Gasteiger partial charge in [-0.2, -0.15) is 0 Å². The lowest BCUT2D eigenvalue weighted by atomic mass is 10.2. The number of hydrogen-bond donors (Lipinski definition) is 3. The van der Waals surface area contributed by atoms with Crippen LogP contribution in [-0.4, -0.2) is 53.9 Å². The van der Waals surface area contributed by atoms with Gasteiger partial charge in [0.05, 0.1) is 11.4 Å². The first-order valence-corrected chi connectivity index (χ1v) is 8.16. The van der Waals surface area contributed by atoms with Crippen molar-refractivity contribution in [1.29, 1.82) is 0 Å². The molecule has 0 spiro atoms. The molecule has 8 nitrogen and oxygen atoms in total. The molecule has 0 saturated heterocycles. The molecule has 0 bridgehead atoms. The van der Waals surface area contributed by atoms with Crippen LogP contribution in [0.4, 0.5) is 16.2 Å². The Kier molecular flexibility index (Phi) is 6.51. The number of nitrogens with one attached hydrogen (secondary N) is 1. The third kappa shape index (κ3) is 5.45. The van der Waals surface area contributed by atoms with Gasteiger partial charge in [-0.15, -0.1) is 0 Å². The van der Waals surface area contributed by atoms with Crippen molar-refractivity contribution < 1.29 is 9.59 Å². The van der Waals surface area contributed by atoms with Gasteiger partial charge in [0.2, 0.25) is 0 Å². The van der Waals surface area contributed by atoms with E-state index in [-0.39, 0.29) is 11.6 Å². The zero-order valence-electron chi connectivity index (χ0n) is 15.0. The summed E-state index contributed by atoms with van der Waals surface area (Å²) in [4.78, 5) is 31.5. The third-order valence-corrected chi connectivity index (χ3v) is 3.77. The predicted octanol–water partition coefficient (Wildman–Crippen LogP) is 1.36. The molecule has 0 unspecified atom stereocenters. The van der Waals surface area contributed by atoms with Crippen LogP contribution in [0.15, 0.2) is 42.6 Å². The molecule has 2 rings (SSSR count). The molecule has 1 aromatic carbocycles. The van der Waals surface area contributed by atoms with Crippen LogP contribution in [0.3, 0.4) is 0 Å². The number of benzene rings is 1. The molecule has 0 saturated carbocycles. The molecular formula is C18H24N6O2. The van der Waals surface area contributed by atoms with Crippen molar-refractivity contribution >= 4 is 23.3 Å². The van der Waals surface area contributed by atoms with Crippen LogP contribution in [0.5, 0.6) is 0 Å². The van der Waals surface area contributed by atoms with Crippen molar-refractivity contribution in [3.63, 3.8) is 0 Å². The normalized spacial score (nSPS) is 10.6. The number of nitrogens with two attached hydrogens (primary N) is 2. The molecule has 0 aliphatic heterocycles. The summed E-state index contributed by atoms with van der Waals surface area (Å²) < 4.78 is 0. The van der Waals surface area contributed by atoms with Gasteiger partial charge in [-0.05, 0) is 37.9 Å². The van der Waals surface area contributed by atoms with Crippen molar-refractivity contribution in [3.8, 4) is 0 Å². The topological polar surface area (TPSA) is 118 Å². The molecule has 138 valence electrons. The Balaban J connectivity index is 2.01. The van der Waals surface area contributed by atoms with Crippen LogP contribution in [0.2, 0.25) is 0 Å². The Morgan fingerprint density at radius 3 is 2.42 bits per heavy atom. The Hall–Kier alpha value is -3.13. The average molecular weight is 356 g/mol. The van der Waals surface area contributed by atoms with Crippen LogP contribution < -0.4 is 16.8 Å². The van der Waals surface area contributed by atoms with E-state index in [2.05, 4.69) is 10.3 Å². The molecule has 0 fully saturated rings. The molecule has 5 N–H and O–H groups in total. The van der Waals surface area contributed by atoms with Gasteiger partial charge in [0.1, 0.15) is 5.69 Å². The first-order valence-electron chi connectivity index (χ1n) is 8.16. The van der Waals surface area contributed by atoms with E-state index in [1.165, 1.54) is 4.90 Å². The lowest BCUT2D eigenvalue weighted by Crippen LogP contribution is -2.39. The highest BCUT2D eigenvalue weighted by molar-refractivity contribution is 6.04. The van der Waals surface area contributed by atoms with E-state index >= 15 is 0 Å². The van der Waals surface area contributed by atoms with Crippen molar-refractivity contribution in [1.82, 2.24) is 14.8 Å². The van der Waals surface area contributed by atoms with Gasteiger partial charge in [0, 0.05) is 25.8 Å². The molecule has 3 amide bonds. The highest BCUT2D eigenvalue weighted by Gasteiger charge is 2.13. The number of nitrogens with zero attached hydrogens (tertiary/aromatic N) is 3. The van der Waals surface area contributed by atoms with Crippen LogP contribution in [0, 0.1) is 0 Å². The Morgan fingerprint density at radius 1 is 1.12 bits per heavy atom. The predicted molar refractivity (Wildman–Crippen MR) is 102 cm³/mol. The van der Waals surface area contributed by atoms with Crippen molar-refractivity contribution in [2.75, 3.05) is 38.2 Å². The van der Waals surface area contributed by atoms with E-state index in [1.54, 1.807) is 42.6 Å². The van der Waals surface area contributed by atoms with Crippen molar-refractivity contribution in [3.05, 3.63) is 53.9 Å². The Bertz CT molecular complexity index is 761. The van der Waals surface area contributed by atoms with Gasteiger partial charge in [-0.3, -0.25) is 9.78 Å². The summed E-state index contributed by atoms with van der Waals surface area (Å²) in [5, 5.41) is 2.72. The van der Waals surface area contributed by atoms with Gasteiger partial charge >= 0.3 is 6.03 Å². The summed E-state index contributed by atoms with van der Waals surface area (Å²) in [6.45, 7) is 1.55. The van der Waals surface area contributed by atoms with E-state index in [1.807, 2.05) is 19.0 Å². The van der Waals surface area contributed by atoms with Gasteiger partial charge in [0.15, 0.2) is 0 Å². The molecule has 26 heavy (non-hydrogen) atoms. The molecule has 1 aromatic heterocycles. The number of likely N-dealkylation sites (N-methyl/N-ethyl adjacent to an activating group) is 1. The van der Waals surface area contributed by atoms with E-state index in [0.717, 1.165) is 5.56 Å². The highest BCUT2D eigenvalue weighted by Crippen LogP contribution is 2.17. The molecule has 8 heteroatoms. The zero-order valence-corrected chi connectivity index (χ0v) is 15.0. The van der Waals surface area contributed by atoms with Gasteiger partial charge in [-0.25, -0.2) is 4.79 Å². The van der Waals surface area contributed by atoms with Gasteiger partial charge in [-0.1, -0.05) is 18.2 Å². The van der Waals surface area contributed by atoms with E-state index in [0.29, 0.717) is 31.0 Å². The molecular weight excluding hydrogens is 332 g/mol. The van der Waals surface area contributed by atoms with Crippen molar-refractivity contribution in [2.24, 2.45) is 5.73 Å². The van der Waals surface area contributed by atoms with Gasteiger partial charge in [0.25, 0.3) is 5.91 Å². The number of rotatable bonds is 7. The monoisotopic (exact) mass is 356 g/mol. The number of pyridine rings is 1. The van der Waals surface area contributed by atoms with E-state index in [9.17, 15) is 9.59 Å². The van der Waals surface area contributed by atoms with E-state index < -0.39 is 6.03 Å². The first-order chi connectivity index (χ1) is 12.4. The lowest BCUT2D eigenvalue weighted by Gasteiger charge is -2.22. The largest absolute Gasteiger partial charge is 0.397 e. The minimum atomic E-state index is -0.492. The standard InChI is InChI=1S/C18H24N6O2/c1-23(2)9-10-24(18(20)26)12-13-7-8-16(21-11-13)17(25)22-15-6-4-3-5-14(15)19/h3-8,11H,9-10,12,19H2,1-2H3,(H2,20,26)(H,22,25). The van der Waals surface area contributed by atoms with E-state index in [4.69, 9.17) is 11.5 Å². The molecule has 0 aliphatic rings. The maximum absolute atomic E-state index is 12.3. The number of amides is 3. The summed E-state index contributed by atoms with van der Waals surface area (Å²) >= 11 is 0. The lowest BCUT2D eigenvalue weighted by molar-refractivity contribution is 0.102. The number of primary amides is 1. The molecule has 2 aromatic rings. The maximum atomic E-state index is 12.3. The Morgan fingerprint density at radius 2 is 1.85 bits per heavy atom. The number of aromatic nitrogens is 1. The summed E-state index contributed by atoms with van der Waals surface area (Å²) in [5.74, 6) is -0.353. The third-order valence-electron chi connectivity index (χ3n) is 3.77. The fraction of sp³-hybridized carbons (Fsp3) is 0.278.